The summed E-state index contributed by atoms with van der Waals surface area (Å²) in [6.07, 6.45) is -5.58. The van der Waals surface area contributed by atoms with Gasteiger partial charge in [-0.1, -0.05) is 12.1 Å². The minimum absolute atomic E-state index is 0. The third-order valence-electron chi connectivity index (χ3n) is 3.13. The van der Waals surface area contributed by atoms with Gasteiger partial charge < -0.3 is 12.9 Å². The second kappa shape index (κ2) is 6.64. The van der Waals surface area contributed by atoms with Crippen LogP contribution in [0.15, 0.2) is 24.3 Å². The minimum atomic E-state index is -6.29. The zero-order valence-corrected chi connectivity index (χ0v) is 14.3. The number of fused-ring (bicyclic) bond motifs is 1. The zero-order chi connectivity index (χ0) is 16.0. The Labute approximate surface area is 163 Å². The van der Waals surface area contributed by atoms with Crippen LogP contribution in [-0.4, -0.2) is 36.4 Å². The predicted molar refractivity (Wildman–Crippen MR) is 60.7 cm³/mol. The SMILES string of the molecule is O=C1c2ccccc2C(=O)N1CC([B-](F)(F)F)C(F)(F)F.[K+]. The first-order valence-corrected chi connectivity index (χ1v) is 5.75. The van der Waals surface area contributed by atoms with Gasteiger partial charge in [0.2, 0.25) is 0 Å². The monoisotopic (exact) mass is 349 g/mol. The number of alkyl halides is 3. The molecule has 0 bridgehead atoms. The van der Waals surface area contributed by atoms with Gasteiger partial charge in [-0.2, -0.15) is 13.2 Å². The van der Waals surface area contributed by atoms with Crippen LogP contribution in [0.2, 0.25) is 5.82 Å². The number of carbonyl (C=O) groups is 2. The van der Waals surface area contributed by atoms with Gasteiger partial charge in [0.15, 0.2) is 0 Å². The van der Waals surface area contributed by atoms with Crippen molar-refractivity contribution in [3.05, 3.63) is 35.4 Å². The third-order valence-corrected chi connectivity index (χ3v) is 3.13. The Morgan fingerprint density at radius 2 is 1.41 bits per heavy atom. The first-order chi connectivity index (χ1) is 9.53. The summed E-state index contributed by atoms with van der Waals surface area (Å²) in [5.74, 6) is -6.01. The van der Waals surface area contributed by atoms with E-state index in [1.165, 1.54) is 24.3 Å². The molecule has 0 fully saturated rings. The molecule has 1 aliphatic rings. The normalized spacial score (nSPS) is 16.4. The second-order valence-electron chi connectivity index (χ2n) is 4.54. The topological polar surface area (TPSA) is 37.4 Å². The first kappa shape index (κ1) is 19.7. The molecule has 3 nitrogen and oxygen atoms in total. The van der Waals surface area contributed by atoms with E-state index < -0.39 is 37.3 Å². The van der Waals surface area contributed by atoms with Gasteiger partial charge in [0.05, 0.1) is 11.1 Å². The number of nitrogens with zero attached hydrogens (tertiary/aromatic N) is 1. The van der Waals surface area contributed by atoms with E-state index in [4.69, 9.17) is 0 Å². The molecule has 0 spiro atoms. The van der Waals surface area contributed by atoms with Gasteiger partial charge in [-0.25, -0.2) is 0 Å². The van der Waals surface area contributed by atoms with Crippen molar-refractivity contribution >= 4 is 18.8 Å². The van der Waals surface area contributed by atoms with E-state index in [-0.39, 0.29) is 67.4 Å². The summed E-state index contributed by atoms with van der Waals surface area (Å²) in [7, 11) is 0. The molecule has 0 radical (unpaired) electrons. The molecule has 1 aliphatic heterocycles. The summed E-state index contributed by atoms with van der Waals surface area (Å²) in [5.41, 5.74) is -0.392. The van der Waals surface area contributed by atoms with Crippen LogP contribution >= 0.6 is 0 Å². The summed E-state index contributed by atoms with van der Waals surface area (Å²) in [4.78, 5) is 23.5. The summed E-state index contributed by atoms with van der Waals surface area (Å²) >= 11 is 0. The van der Waals surface area contributed by atoms with Crippen LogP contribution in [-0.2, 0) is 0 Å². The maximum absolute atomic E-state index is 12.5. The number of carbonyl (C=O) groups excluding carboxylic acids is 2. The molecule has 0 aliphatic carbocycles. The van der Waals surface area contributed by atoms with Crippen LogP contribution in [0, 0.1) is 0 Å². The molecule has 0 aromatic heterocycles. The average molecular weight is 349 g/mol. The van der Waals surface area contributed by atoms with Crippen molar-refractivity contribution in [2.45, 2.75) is 12.0 Å². The molecular formula is C11H7BF6KNO2. The van der Waals surface area contributed by atoms with Crippen LogP contribution in [0.3, 0.4) is 0 Å². The van der Waals surface area contributed by atoms with Crippen LogP contribution in [0.25, 0.3) is 0 Å². The van der Waals surface area contributed by atoms with Gasteiger partial charge in [-0.3, -0.25) is 14.5 Å². The molecule has 114 valence electrons. The van der Waals surface area contributed by atoms with E-state index in [2.05, 4.69) is 0 Å². The van der Waals surface area contributed by atoms with E-state index in [1.54, 1.807) is 0 Å². The van der Waals surface area contributed by atoms with E-state index >= 15 is 0 Å². The predicted octanol–water partition coefficient (Wildman–Crippen LogP) is 0.0665. The largest absolute Gasteiger partial charge is 1.00 e. The van der Waals surface area contributed by atoms with E-state index in [0.717, 1.165) is 0 Å². The van der Waals surface area contributed by atoms with Gasteiger partial charge in [-0.15, -0.1) is 0 Å². The standard InChI is InChI=1S/C11H7BF6NO2.K/c13-11(14,15)8(12(16,17)18)5-19-9(20)6-3-1-2-4-7(6)10(19)21;/h1-4,8H,5H2;/q-1;+1. The molecule has 0 saturated carbocycles. The molecule has 2 amide bonds. The Kier molecular flexibility index (Phi) is 5.94. The Hall–Kier alpha value is -0.359. The molecular weight excluding hydrogens is 342 g/mol. The maximum atomic E-state index is 12.5. The molecule has 0 saturated heterocycles. The van der Waals surface area contributed by atoms with Crippen molar-refractivity contribution in [2.24, 2.45) is 0 Å². The quantitative estimate of drug-likeness (QED) is 0.440. The van der Waals surface area contributed by atoms with Crippen LogP contribution in [0.1, 0.15) is 20.7 Å². The summed E-state index contributed by atoms with van der Waals surface area (Å²) < 4.78 is 75.1. The van der Waals surface area contributed by atoms with Gasteiger partial charge in [0.25, 0.3) is 11.8 Å². The maximum Gasteiger partial charge on any atom is 1.00 e. The van der Waals surface area contributed by atoms with Crippen molar-refractivity contribution in [1.29, 1.82) is 0 Å². The number of halogens is 6. The zero-order valence-electron chi connectivity index (χ0n) is 11.2. The molecule has 0 N–H and O–H groups in total. The van der Waals surface area contributed by atoms with Crippen molar-refractivity contribution in [3.63, 3.8) is 0 Å². The third kappa shape index (κ3) is 3.75. The number of hydrogen-bond acceptors (Lipinski definition) is 2. The van der Waals surface area contributed by atoms with Crippen molar-refractivity contribution < 1.29 is 87.1 Å². The van der Waals surface area contributed by atoms with Crippen LogP contribution < -0.4 is 51.4 Å². The Morgan fingerprint density at radius 3 is 1.73 bits per heavy atom. The van der Waals surface area contributed by atoms with Gasteiger partial charge >= 0.3 is 64.5 Å². The Balaban J connectivity index is 0.00000242. The first-order valence-electron chi connectivity index (χ1n) is 5.75. The molecule has 1 heterocycles. The van der Waals surface area contributed by atoms with Crippen LogP contribution in [0.4, 0.5) is 26.1 Å². The number of amides is 2. The number of benzene rings is 1. The molecule has 22 heavy (non-hydrogen) atoms. The van der Waals surface area contributed by atoms with Crippen molar-refractivity contribution in [3.8, 4) is 0 Å². The Bertz CT molecular complexity index is 554. The average Bonchev–Trinajstić information content (AvgIpc) is 2.57. The molecule has 2 rings (SSSR count). The molecule has 1 atom stereocenters. The van der Waals surface area contributed by atoms with E-state index in [9.17, 15) is 35.7 Å². The molecule has 11 heteroatoms. The van der Waals surface area contributed by atoms with Crippen molar-refractivity contribution in [2.75, 3.05) is 6.54 Å². The van der Waals surface area contributed by atoms with Crippen molar-refractivity contribution in [1.82, 2.24) is 4.90 Å². The fourth-order valence-electron chi connectivity index (χ4n) is 2.04. The minimum Gasteiger partial charge on any atom is -0.448 e. The number of hydrogen-bond donors (Lipinski definition) is 0. The molecule has 1 aromatic carbocycles. The molecule has 1 unspecified atom stereocenters. The number of rotatable bonds is 3. The van der Waals surface area contributed by atoms with Gasteiger partial charge in [0.1, 0.15) is 0 Å². The fourth-order valence-corrected chi connectivity index (χ4v) is 2.04. The smallest absolute Gasteiger partial charge is 0.448 e. The fraction of sp³-hybridized carbons (Fsp3) is 0.273. The van der Waals surface area contributed by atoms with Gasteiger partial charge in [0, 0.05) is 12.4 Å². The Morgan fingerprint density at radius 1 is 1.00 bits per heavy atom. The summed E-state index contributed by atoms with van der Waals surface area (Å²) in [5, 5.41) is 0. The second-order valence-corrected chi connectivity index (χ2v) is 4.54. The van der Waals surface area contributed by atoms with E-state index in [1.807, 2.05) is 0 Å². The number of imide groups is 1. The van der Waals surface area contributed by atoms with E-state index in [0.29, 0.717) is 0 Å². The molecule has 1 aromatic rings. The van der Waals surface area contributed by atoms with Crippen LogP contribution in [0.5, 0.6) is 0 Å². The van der Waals surface area contributed by atoms with Gasteiger partial charge in [-0.05, 0) is 12.1 Å². The summed E-state index contributed by atoms with van der Waals surface area (Å²) in [6, 6.07) is 5.08. The summed E-state index contributed by atoms with van der Waals surface area (Å²) in [6.45, 7) is -8.04.